The second-order valence-corrected chi connectivity index (χ2v) is 7.73. The molecule has 32 heavy (non-hydrogen) atoms. The van der Waals surface area contributed by atoms with Crippen LogP contribution in [0.2, 0.25) is 0 Å². The van der Waals surface area contributed by atoms with Crippen LogP contribution in [0.5, 0.6) is 5.75 Å². The number of phenols is 1. The van der Waals surface area contributed by atoms with Crippen LogP contribution in [0.15, 0.2) is 36.4 Å². The molecule has 3 aromatic rings. The lowest BCUT2D eigenvalue weighted by atomic mass is 10.1. The Balaban J connectivity index is 1.64. The maximum absolute atomic E-state index is 14.5. The van der Waals surface area contributed by atoms with E-state index in [1.807, 2.05) is 30.0 Å². The SMILES string of the molecule is COCCOC(=O)NC1CCN(c2nc(-c3c(O)cccc3F)nc3cc(C)ccc23)C1. The van der Waals surface area contributed by atoms with Gasteiger partial charge in [-0.05, 0) is 43.2 Å². The molecule has 1 saturated heterocycles. The van der Waals surface area contributed by atoms with E-state index in [1.165, 1.54) is 18.2 Å². The minimum Gasteiger partial charge on any atom is -0.507 e. The molecule has 0 spiro atoms. The van der Waals surface area contributed by atoms with E-state index in [0.717, 1.165) is 10.9 Å². The van der Waals surface area contributed by atoms with Crippen molar-refractivity contribution in [3.8, 4) is 17.1 Å². The number of hydrogen-bond acceptors (Lipinski definition) is 7. The number of ether oxygens (including phenoxy) is 2. The number of methoxy groups -OCH3 is 1. The van der Waals surface area contributed by atoms with Crippen molar-refractivity contribution in [1.82, 2.24) is 15.3 Å². The molecule has 4 rings (SSSR count). The van der Waals surface area contributed by atoms with Gasteiger partial charge in [-0.15, -0.1) is 0 Å². The van der Waals surface area contributed by atoms with Crippen LogP contribution in [0, 0.1) is 12.7 Å². The number of alkyl carbamates (subject to hydrolysis) is 1. The molecule has 1 atom stereocenters. The van der Waals surface area contributed by atoms with Crippen LogP contribution >= 0.6 is 0 Å². The molecule has 1 amide bonds. The fraction of sp³-hybridized carbons (Fsp3) is 0.348. The van der Waals surface area contributed by atoms with Crippen LogP contribution in [-0.4, -0.2) is 60.6 Å². The molecule has 1 unspecified atom stereocenters. The zero-order valence-electron chi connectivity index (χ0n) is 18.0. The normalized spacial score (nSPS) is 15.8. The van der Waals surface area contributed by atoms with Gasteiger partial charge < -0.3 is 24.8 Å². The number of amides is 1. The molecule has 1 aromatic heterocycles. The van der Waals surface area contributed by atoms with Crippen LogP contribution in [0.4, 0.5) is 15.0 Å². The zero-order valence-corrected chi connectivity index (χ0v) is 18.0. The molecular weight excluding hydrogens is 415 g/mol. The molecular formula is C23H25FN4O4. The van der Waals surface area contributed by atoms with Crippen molar-refractivity contribution >= 4 is 22.8 Å². The Kier molecular flexibility index (Phi) is 6.36. The lowest BCUT2D eigenvalue weighted by Gasteiger charge is -2.21. The van der Waals surface area contributed by atoms with Gasteiger partial charge >= 0.3 is 6.09 Å². The number of rotatable bonds is 6. The molecule has 0 aliphatic carbocycles. The van der Waals surface area contributed by atoms with Gasteiger partial charge in [0.05, 0.1) is 23.7 Å². The molecule has 1 aliphatic heterocycles. The fourth-order valence-electron chi connectivity index (χ4n) is 3.81. The molecule has 168 valence electrons. The Bertz CT molecular complexity index is 1120. The van der Waals surface area contributed by atoms with Crippen molar-refractivity contribution in [3.63, 3.8) is 0 Å². The molecule has 0 saturated carbocycles. The number of carbonyl (C=O) groups excluding carboxylic acids is 1. The Morgan fingerprint density at radius 1 is 1.28 bits per heavy atom. The highest BCUT2D eigenvalue weighted by atomic mass is 19.1. The van der Waals surface area contributed by atoms with Crippen molar-refractivity contribution in [3.05, 3.63) is 47.8 Å². The lowest BCUT2D eigenvalue weighted by molar-refractivity contribution is 0.0969. The van der Waals surface area contributed by atoms with Gasteiger partial charge in [-0.1, -0.05) is 12.1 Å². The predicted octanol–water partition coefficient (Wildman–Crippen LogP) is 3.40. The number of carbonyl (C=O) groups is 1. The zero-order chi connectivity index (χ0) is 22.7. The number of aromatic hydroxyl groups is 1. The smallest absolute Gasteiger partial charge is 0.407 e. The van der Waals surface area contributed by atoms with Gasteiger partial charge in [0, 0.05) is 25.6 Å². The van der Waals surface area contributed by atoms with Gasteiger partial charge in [0.15, 0.2) is 5.82 Å². The van der Waals surface area contributed by atoms with Gasteiger partial charge in [0.1, 0.15) is 24.0 Å². The number of aryl methyl sites for hydroxylation is 1. The Labute approximate surface area is 185 Å². The highest BCUT2D eigenvalue weighted by molar-refractivity contribution is 5.92. The maximum Gasteiger partial charge on any atom is 0.407 e. The predicted molar refractivity (Wildman–Crippen MR) is 118 cm³/mol. The summed E-state index contributed by atoms with van der Waals surface area (Å²) in [7, 11) is 1.54. The first-order valence-electron chi connectivity index (χ1n) is 10.4. The third-order valence-corrected chi connectivity index (χ3v) is 5.38. The molecule has 2 N–H and O–H groups in total. The van der Waals surface area contributed by atoms with E-state index in [0.29, 0.717) is 37.5 Å². The van der Waals surface area contributed by atoms with Gasteiger partial charge in [-0.25, -0.2) is 19.2 Å². The van der Waals surface area contributed by atoms with E-state index in [-0.39, 0.29) is 29.8 Å². The summed E-state index contributed by atoms with van der Waals surface area (Å²) >= 11 is 0. The number of hydrogen-bond donors (Lipinski definition) is 2. The molecule has 0 bridgehead atoms. The minimum absolute atomic E-state index is 0.0345. The molecule has 9 heteroatoms. The third kappa shape index (κ3) is 4.57. The van der Waals surface area contributed by atoms with E-state index in [2.05, 4.69) is 15.3 Å². The van der Waals surface area contributed by atoms with Crippen molar-refractivity contribution < 1.29 is 23.8 Å². The van der Waals surface area contributed by atoms with Crippen LogP contribution in [0.25, 0.3) is 22.3 Å². The topological polar surface area (TPSA) is 96.8 Å². The lowest BCUT2D eigenvalue weighted by Crippen LogP contribution is -2.38. The van der Waals surface area contributed by atoms with E-state index >= 15 is 0 Å². The summed E-state index contributed by atoms with van der Waals surface area (Å²) < 4.78 is 24.5. The highest BCUT2D eigenvalue weighted by Gasteiger charge is 2.28. The van der Waals surface area contributed by atoms with E-state index in [1.54, 1.807) is 7.11 Å². The first-order valence-corrected chi connectivity index (χ1v) is 10.4. The summed E-state index contributed by atoms with van der Waals surface area (Å²) in [6.45, 7) is 3.63. The second kappa shape index (κ2) is 9.35. The van der Waals surface area contributed by atoms with Crippen LogP contribution in [0.1, 0.15) is 12.0 Å². The third-order valence-electron chi connectivity index (χ3n) is 5.38. The Hall–Kier alpha value is -3.46. The largest absolute Gasteiger partial charge is 0.507 e. The minimum atomic E-state index is -0.595. The fourth-order valence-corrected chi connectivity index (χ4v) is 3.81. The number of benzene rings is 2. The number of fused-ring (bicyclic) bond motifs is 1. The monoisotopic (exact) mass is 440 g/mol. The first-order chi connectivity index (χ1) is 15.5. The number of aromatic nitrogens is 2. The number of halogens is 1. The van der Waals surface area contributed by atoms with Crippen molar-refractivity contribution in [1.29, 1.82) is 0 Å². The summed E-state index contributed by atoms with van der Waals surface area (Å²) in [6.07, 6.45) is 0.214. The van der Waals surface area contributed by atoms with Crippen molar-refractivity contribution in [2.75, 3.05) is 38.3 Å². The maximum atomic E-state index is 14.5. The average molecular weight is 440 g/mol. The van der Waals surface area contributed by atoms with E-state index in [4.69, 9.17) is 9.47 Å². The van der Waals surface area contributed by atoms with Gasteiger partial charge in [-0.3, -0.25) is 0 Å². The quantitative estimate of drug-likeness (QED) is 0.567. The van der Waals surface area contributed by atoms with Crippen molar-refractivity contribution in [2.24, 2.45) is 0 Å². The summed E-state index contributed by atoms with van der Waals surface area (Å²) in [6, 6.07) is 9.80. The van der Waals surface area contributed by atoms with Crippen LogP contribution < -0.4 is 10.2 Å². The second-order valence-electron chi connectivity index (χ2n) is 7.73. The standard InChI is InChI=1S/C23H25FN4O4/c1-14-6-7-16-18(12-14)26-21(20-17(24)4-3-5-19(20)29)27-22(16)28-9-8-15(13-28)25-23(30)32-11-10-31-2/h3-7,12,15,29H,8-11,13H2,1-2H3,(H,25,30). The number of nitrogens with one attached hydrogen (secondary N) is 1. The van der Waals surface area contributed by atoms with Gasteiger partial charge in [0.25, 0.3) is 0 Å². The van der Waals surface area contributed by atoms with Crippen molar-refractivity contribution in [2.45, 2.75) is 19.4 Å². The van der Waals surface area contributed by atoms with Gasteiger partial charge in [-0.2, -0.15) is 0 Å². The molecule has 0 radical (unpaired) electrons. The van der Waals surface area contributed by atoms with E-state index < -0.39 is 11.9 Å². The summed E-state index contributed by atoms with van der Waals surface area (Å²) in [5, 5.41) is 13.9. The number of nitrogens with zero attached hydrogens (tertiary/aromatic N) is 3. The summed E-state index contributed by atoms with van der Waals surface area (Å²) in [5.74, 6) is -0.0702. The Morgan fingerprint density at radius 2 is 2.12 bits per heavy atom. The van der Waals surface area contributed by atoms with E-state index in [9.17, 15) is 14.3 Å². The van der Waals surface area contributed by atoms with Crippen LogP contribution in [0.3, 0.4) is 0 Å². The molecule has 2 aromatic carbocycles. The summed E-state index contributed by atoms with van der Waals surface area (Å²) in [4.78, 5) is 23.2. The molecule has 1 fully saturated rings. The molecule has 1 aliphatic rings. The summed E-state index contributed by atoms with van der Waals surface area (Å²) in [5.41, 5.74) is 1.63. The Morgan fingerprint density at radius 3 is 2.91 bits per heavy atom. The first kappa shape index (κ1) is 21.8. The van der Waals surface area contributed by atoms with Gasteiger partial charge in [0.2, 0.25) is 0 Å². The molecule has 2 heterocycles. The van der Waals surface area contributed by atoms with Crippen LogP contribution in [-0.2, 0) is 9.47 Å². The highest BCUT2D eigenvalue weighted by Crippen LogP contribution is 2.34. The number of anilines is 1. The number of phenolic OH excluding ortho intramolecular Hbond substituents is 1. The molecule has 8 nitrogen and oxygen atoms in total. The average Bonchev–Trinajstić information content (AvgIpc) is 3.21.